The van der Waals surface area contributed by atoms with Crippen LogP contribution in [0, 0.1) is 16.0 Å². The number of rotatable bonds is 7. The van der Waals surface area contributed by atoms with Crippen LogP contribution in [-0.4, -0.2) is 54.4 Å². The molecule has 2 fully saturated rings. The van der Waals surface area contributed by atoms with Crippen molar-refractivity contribution in [1.82, 2.24) is 4.90 Å². The summed E-state index contributed by atoms with van der Waals surface area (Å²) in [5.74, 6) is 0.234. The monoisotopic (exact) mass is 534 g/mol. The first-order valence-electron chi connectivity index (χ1n) is 12.4. The van der Waals surface area contributed by atoms with Crippen molar-refractivity contribution in [3.8, 4) is 5.75 Å². The van der Waals surface area contributed by atoms with Crippen molar-refractivity contribution in [2.75, 3.05) is 42.5 Å². The Balaban J connectivity index is 1.13. The summed E-state index contributed by atoms with van der Waals surface area (Å²) in [6, 6.07) is 21.2. The fourth-order valence-corrected chi connectivity index (χ4v) is 4.95. The number of nitro benzene ring substituents is 1. The maximum atomic E-state index is 13.2. The van der Waals surface area contributed by atoms with Crippen LogP contribution < -0.4 is 14.5 Å². The van der Waals surface area contributed by atoms with Gasteiger partial charge in [0.05, 0.1) is 10.8 Å². The number of anilines is 2. The Morgan fingerprint density at radius 2 is 1.55 bits per heavy atom. The molecule has 0 radical (unpaired) electrons. The van der Waals surface area contributed by atoms with Crippen molar-refractivity contribution < 1.29 is 19.2 Å². The number of hydrogen-bond donors (Lipinski definition) is 0. The molecule has 3 aromatic rings. The van der Waals surface area contributed by atoms with Crippen molar-refractivity contribution in [2.45, 2.75) is 13.0 Å². The number of halogens is 1. The van der Waals surface area contributed by atoms with E-state index in [9.17, 15) is 19.7 Å². The van der Waals surface area contributed by atoms with Gasteiger partial charge in [-0.3, -0.25) is 19.7 Å². The van der Waals surface area contributed by atoms with Crippen LogP contribution in [0.25, 0.3) is 0 Å². The van der Waals surface area contributed by atoms with Crippen molar-refractivity contribution in [2.24, 2.45) is 5.92 Å². The SMILES string of the molecule is O=C(C1CC(=O)N(c2ccc(OCc3ccc(Cl)cc3)cc2)C1)N1CCN(c2ccc([N+](=O)[O-])cc2)CC1. The average Bonchev–Trinajstić information content (AvgIpc) is 3.34. The number of nitrogens with zero attached hydrogens (tertiary/aromatic N) is 4. The molecule has 2 aliphatic rings. The maximum Gasteiger partial charge on any atom is 0.269 e. The molecule has 1 atom stereocenters. The molecule has 10 heteroatoms. The molecule has 2 saturated heterocycles. The number of amides is 2. The molecule has 0 saturated carbocycles. The van der Waals surface area contributed by atoms with Gasteiger partial charge in [0.15, 0.2) is 0 Å². The quantitative estimate of drug-likeness (QED) is 0.326. The molecule has 196 valence electrons. The van der Waals surface area contributed by atoms with Crippen LogP contribution in [0.1, 0.15) is 12.0 Å². The number of ether oxygens (including phenoxy) is 1. The molecule has 0 bridgehead atoms. The highest BCUT2D eigenvalue weighted by Gasteiger charge is 2.38. The standard InChI is InChI=1S/C28H27ClN4O5/c29-22-3-1-20(2-4-22)19-38-26-11-9-24(10-12-26)32-18-21(17-27(32)34)28(35)31-15-13-30(14-16-31)23-5-7-25(8-6-23)33(36)37/h1-12,21H,13-19H2. The van der Waals surface area contributed by atoms with Gasteiger partial charge >= 0.3 is 0 Å². The topological polar surface area (TPSA) is 96.2 Å². The number of carbonyl (C=O) groups is 2. The highest BCUT2D eigenvalue weighted by molar-refractivity contribution is 6.30. The number of carbonyl (C=O) groups excluding carboxylic acids is 2. The van der Waals surface area contributed by atoms with E-state index in [0.717, 1.165) is 16.9 Å². The van der Waals surface area contributed by atoms with Crippen LogP contribution in [0.3, 0.4) is 0 Å². The smallest absolute Gasteiger partial charge is 0.269 e. The first-order valence-corrected chi connectivity index (χ1v) is 12.8. The Bertz CT molecular complexity index is 1310. The minimum atomic E-state index is -0.419. The summed E-state index contributed by atoms with van der Waals surface area (Å²) in [4.78, 5) is 42.0. The van der Waals surface area contributed by atoms with E-state index in [1.807, 2.05) is 53.4 Å². The number of benzene rings is 3. The Labute approximate surface area is 225 Å². The summed E-state index contributed by atoms with van der Waals surface area (Å²) in [5, 5.41) is 11.6. The van der Waals surface area contributed by atoms with Gasteiger partial charge in [-0.1, -0.05) is 23.7 Å². The van der Waals surface area contributed by atoms with E-state index in [2.05, 4.69) is 4.90 Å². The van der Waals surface area contributed by atoms with Crippen LogP contribution in [0.4, 0.5) is 17.1 Å². The van der Waals surface area contributed by atoms with Crippen molar-refractivity contribution in [3.63, 3.8) is 0 Å². The minimum Gasteiger partial charge on any atom is -0.489 e. The number of non-ortho nitro benzene ring substituents is 1. The minimum absolute atomic E-state index is 0.00730. The van der Waals surface area contributed by atoms with E-state index >= 15 is 0 Å². The second-order valence-corrected chi connectivity index (χ2v) is 9.84. The predicted octanol–water partition coefficient (Wildman–Crippen LogP) is 4.53. The van der Waals surface area contributed by atoms with Crippen LogP contribution in [0.2, 0.25) is 5.02 Å². The van der Waals surface area contributed by atoms with Gasteiger partial charge in [-0.25, -0.2) is 0 Å². The third kappa shape index (κ3) is 5.73. The molecule has 0 aliphatic carbocycles. The number of nitro groups is 1. The molecule has 1 unspecified atom stereocenters. The molecular formula is C28H27ClN4O5. The first kappa shape index (κ1) is 25.5. The summed E-state index contributed by atoms with van der Waals surface area (Å²) in [5.41, 5.74) is 2.69. The summed E-state index contributed by atoms with van der Waals surface area (Å²) >= 11 is 5.92. The van der Waals surface area contributed by atoms with E-state index in [1.165, 1.54) is 12.1 Å². The molecule has 2 heterocycles. The summed E-state index contributed by atoms with van der Waals surface area (Å²) in [6.07, 6.45) is 0.191. The lowest BCUT2D eigenvalue weighted by Gasteiger charge is -2.37. The van der Waals surface area contributed by atoms with Crippen LogP contribution in [0.15, 0.2) is 72.8 Å². The Morgan fingerprint density at radius 1 is 0.921 bits per heavy atom. The molecule has 3 aromatic carbocycles. The van der Waals surface area contributed by atoms with E-state index in [4.69, 9.17) is 16.3 Å². The lowest BCUT2D eigenvalue weighted by Crippen LogP contribution is -2.50. The predicted molar refractivity (Wildman–Crippen MR) is 145 cm³/mol. The molecule has 0 spiro atoms. The highest BCUT2D eigenvalue weighted by Crippen LogP contribution is 2.29. The van der Waals surface area contributed by atoms with Crippen molar-refractivity contribution in [3.05, 3.63) is 93.5 Å². The van der Waals surface area contributed by atoms with Gasteiger partial charge in [0.25, 0.3) is 5.69 Å². The van der Waals surface area contributed by atoms with Gasteiger partial charge in [0, 0.05) is 67.7 Å². The fraction of sp³-hybridized carbons (Fsp3) is 0.286. The van der Waals surface area contributed by atoms with Gasteiger partial charge in [-0.05, 0) is 54.1 Å². The molecular weight excluding hydrogens is 508 g/mol. The van der Waals surface area contributed by atoms with E-state index < -0.39 is 4.92 Å². The van der Waals surface area contributed by atoms with Gasteiger partial charge in [-0.15, -0.1) is 0 Å². The van der Waals surface area contributed by atoms with Crippen LogP contribution in [0.5, 0.6) is 5.75 Å². The molecule has 0 N–H and O–H groups in total. The largest absolute Gasteiger partial charge is 0.489 e. The summed E-state index contributed by atoms with van der Waals surface area (Å²) in [6.45, 7) is 3.11. The van der Waals surface area contributed by atoms with Gasteiger partial charge in [-0.2, -0.15) is 0 Å². The molecule has 9 nitrogen and oxygen atoms in total. The molecule has 5 rings (SSSR count). The van der Waals surface area contributed by atoms with E-state index in [-0.39, 0.29) is 29.8 Å². The zero-order valence-electron chi connectivity index (χ0n) is 20.7. The lowest BCUT2D eigenvalue weighted by molar-refractivity contribution is -0.384. The van der Waals surface area contributed by atoms with Crippen molar-refractivity contribution in [1.29, 1.82) is 0 Å². The first-order chi connectivity index (χ1) is 18.4. The van der Waals surface area contributed by atoms with Gasteiger partial charge in [0.1, 0.15) is 12.4 Å². The van der Waals surface area contributed by atoms with Gasteiger partial charge < -0.3 is 19.4 Å². The molecule has 2 aliphatic heterocycles. The zero-order valence-corrected chi connectivity index (χ0v) is 21.4. The third-order valence-corrected chi connectivity index (χ3v) is 7.21. The molecule has 2 amide bonds. The Kier molecular flexibility index (Phi) is 7.46. The number of hydrogen-bond acceptors (Lipinski definition) is 6. The fourth-order valence-electron chi connectivity index (χ4n) is 4.82. The zero-order chi connectivity index (χ0) is 26.6. The second-order valence-electron chi connectivity index (χ2n) is 9.40. The van der Waals surface area contributed by atoms with Crippen LogP contribution in [-0.2, 0) is 16.2 Å². The number of piperazine rings is 1. The third-order valence-electron chi connectivity index (χ3n) is 6.96. The maximum absolute atomic E-state index is 13.2. The average molecular weight is 535 g/mol. The Morgan fingerprint density at radius 3 is 2.18 bits per heavy atom. The van der Waals surface area contributed by atoms with Crippen LogP contribution >= 0.6 is 11.6 Å². The molecule has 0 aromatic heterocycles. The summed E-state index contributed by atoms with van der Waals surface area (Å²) < 4.78 is 5.83. The van der Waals surface area contributed by atoms with E-state index in [0.29, 0.717) is 50.1 Å². The lowest BCUT2D eigenvalue weighted by atomic mass is 10.1. The Hall–Kier alpha value is -4.11. The second kappa shape index (κ2) is 11.1. The molecule has 38 heavy (non-hydrogen) atoms. The van der Waals surface area contributed by atoms with Crippen molar-refractivity contribution >= 4 is 40.5 Å². The summed E-state index contributed by atoms with van der Waals surface area (Å²) in [7, 11) is 0. The van der Waals surface area contributed by atoms with E-state index in [1.54, 1.807) is 17.0 Å². The van der Waals surface area contributed by atoms with Gasteiger partial charge in [0.2, 0.25) is 11.8 Å². The normalized spacial score (nSPS) is 17.6. The highest BCUT2D eigenvalue weighted by atomic mass is 35.5.